The molecule has 4 N–H and O–H groups in total. The second-order valence-electron chi connectivity index (χ2n) is 10.5. The second kappa shape index (κ2) is 16.0. The summed E-state index contributed by atoms with van der Waals surface area (Å²) in [7, 11) is -7.53. The number of carbonyl (C=O) groups excluding carboxylic acids is 2. The van der Waals surface area contributed by atoms with Crippen LogP contribution in [0.5, 0.6) is 0 Å². The topological polar surface area (TPSA) is 239 Å². The quantitative estimate of drug-likeness (QED) is 0.248. The summed E-state index contributed by atoms with van der Waals surface area (Å²) < 4.78 is 44.9. The Balaban J connectivity index is 0.000000224. The van der Waals surface area contributed by atoms with Crippen LogP contribution in [0.25, 0.3) is 10.9 Å². The molecule has 2 heterocycles. The normalized spacial score (nSPS) is 15.9. The van der Waals surface area contributed by atoms with Crippen molar-refractivity contribution in [2.45, 2.75) is 23.6 Å². The average molecular weight is 772 g/mol. The van der Waals surface area contributed by atoms with Gasteiger partial charge in [-0.15, -0.1) is 11.4 Å². The van der Waals surface area contributed by atoms with Crippen molar-refractivity contribution in [3.8, 4) is 0 Å². The van der Waals surface area contributed by atoms with Gasteiger partial charge in [-0.1, -0.05) is 60.7 Å². The molecular weight excluding hydrogens is 743 g/mol. The third-order valence-corrected chi connectivity index (χ3v) is 8.70. The molecule has 6 rings (SSSR count). The van der Waals surface area contributed by atoms with E-state index in [0.717, 1.165) is 0 Å². The molecule has 19 heteroatoms. The molecule has 16 nitrogen and oxygen atoms in total. The van der Waals surface area contributed by atoms with E-state index in [0.29, 0.717) is 34.2 Å². The first-order chi connectivity index (χ1) is 23.7. The van der Waals surface area contributed by atoms with Crippen LogP contribution in [0.15, 0.2) is 139 Å². The molecule has 4 aromatic rings. The van der Waals surface area contributed by atoms with Crippen molar-refractivity contribution in [3.63, 3.8) is 0 Å². The predicted octanol–water partition coefficient (Wildman–Crippen LogP) is 4.23. The Morgan fingerprint density at radius 1 is 0.549 bits per heavy atom. The molecule has 2 aliphatic rings. The molecule has 4 aromatic carbocycles. The number of carbonyl (C=O) groups is 2. The van der Waals surface area contributed by atoms with Crippen LogP contribution in [-0.2, 0) is 46.4 Å². The molecule has 0 atom stereocenters. The Kier molecular flexibility index (Phi) is 12.0. The number of benzene rings is 4. The molecule has 0 saturated heterocycles. The second-order valence-corrected chi connectivity index (χ2v) is 13.6. The molecule has 263 valence electrons. The molecular formula is C32H28CoN10O6S2. The van der Waals surface area contributed by atoms with Gasteiger partial charge in [-0.3, -0.25) is 9.59 Å². The monoisotopic (exact) mass is 771 g/mol. The van der Waals surface area contributed by atoms with Crippen LogP contribution in [0.1, 0.15) is 13.8 Å². The number of nitrogens with two attached hydrogens (primary N) is 2. The van der Waals surface area contributed by atoms with E-state index < -0.39 is 20.0 Å². The maximum Gasteiger partial charge on any atom is 2.00 e. The van der Waals surface area contributed by atoms with Crippen molar-refractivity contribution in [3.05, 3.63) is 120 Å². The molecule has 2 aliphatic heterocycles. The predicted molar refractivity (Wildman–Crippen MR) is 191 cm³/mol. The van der Waals surface area contributed by atoms with E-state index in [1.165, 1.54) is 58.5 Å². The average Bonchev–Trinajstić information content (AvgIpc) is 3.55. The minimum absolute atomic E-state index is 0. The van der Waals surface area contributed by atoms with Crippen LogP contribution in [0.4, 0.5) is 22.7 Å². The maximum absolute atomic E-state index is 12.4. The summed E-state index contributed by atoms with van der Waals surface area (Å²) in [5.74, 6) is -0.762. The third-order valence-electron chi connectivity index (χ3n) is 6.84. The van der Waals surface area contributed by atoms with E-state index >= 15 is 0 Å². The number of primary sulfonamides is 2. The zero-order chi connectivity index (χ0) is 36.1. The number of nitrogens with zero attached hydrogens (tertiary/aromatic N) is 8. The molecule has 0 fully saturated rings. The van der Waals surface area contributed by atoms with Crippen molar-refractivity contribution in [1.82, 2.24) is 0 Å². The zero-order valence-corrected chi connectivity index (χ0v) is 29.4. The van der Waals surface area contributed by atoms with Gasteiger partial charge in [0.25, 0.3) is 11.8 Å². The molecule has 0 spiro atoms. The fourth-order valence-electron chi connectivity index (χ4n) is 4.33. The summed E-state index contributed by atoms with van der Waals surface area (Å²) in [6.07, 6.45) is 0. The van der Waals surface area contributed by atoms with E-state index in [4.69, 9.17) is 10.3 Å². The van der Waals surface area contributed by atoms with Crippen LogP contribution in [0.3, 0.4) is 0 Å². The van der Waals surface area contributed by atoms with Crippen molar-refractivity contribution >= 4 is 77.5 Å². The summed E-state index contributed by atoms with van der Waals surface area (Å²) in [6, 6.07) is 29.0. The first-order valence-electron chi connectivity index (χ1n) is 14.5. The Morgan fingerprint density at radius 3 is 1.16 bits per heavy atom. The fraction of sp³-hybridized carbons (Fsp3) is 0.0625. The van der Waals surface area contributed by atoms with Gasteiger partial charge >= 0.3 is 16.8 Å². The first-order valence-corrected chi connectivity index (χ1v) is 17.5. The largest absolute Gasteiger partial charge is 2.00 e. The number of hydrogen-bond donors (Lipinski definition) is 2. The number of rotatable bonds is 8. The summed E-state index contributed by atoms with van der Waals surface area (Å²) >= 11 is 0. The number of hydrogen-bond acceptors (Lipinski definition) is 10. The van der Waals surface area contributed by atoms with Gasteiger partial charge in [0.1, 0.15) is 11.4 Å². The van der Waals surface area contributed by atoms with Crippen molar-refractivity contribution in [2.75, 3.05) is 10.0 Å². The van der Waals surface area contributed by atoms with Gasteiger partial charge in [-0.05, 0) is 62.4 Å². The van der Waals surface area contributed by atoms with Gasteiger partial charge in [0.2, 0.25) is 20.0 Å². The fourth-order valence-corrected chi connectivity index (χ4v) is 5.37. The van der Waals surface area contributed by atoms with E-state index in [1.54, 1.807) is 62.4 Å². The smallest absolute Gasteiger partial charge is 0.575 e. The van der Waals surface area contributed by atoms with Crippen molar-refractivity contribution < 1.29 is 43.2 Å². The SMILES string of the molecule is CC1=NN(c2ccccc2)C(=O)/C1=N/[N-]c1ccc(S(N)(=O)=O)cc1.CC1=NN(c2ccccc2)C(=O)/C1=N\[N-]c1ccc(S(N)(=O)=O)cc1.[Co+2]. The molecule has 1 radical (unpaired) electrons. The van der Waals surface area contributed by atoms with Gasteiger partial charge < -0.3 is 21.1 Å². The van der Waals surface area contributed by atoms with Gasteiger partial charge in [0, 0.05) is 0 Å². The van der Waals surface area contributed by atoms with Gasteiger partial charge in [-0.25, -0.2) is 27.1 Å². The number of amides is 2. The molecule has 0 bridgehead atoms. The summed E-state index contributed by atoms with van der Waals surface area (Å²) in [6.45, 7) is 3.33. The Labute approximate surface area is 303 Å². The standard InChI is InChI=1S/2C16H15N5O3S.Co/c2*1-11-15(16(22)21(20-11)13-5-3-2-4-6-13)19-18-12-7-9-14(10-8-12)25(17,23)24;/h2*2-10H,1H3,(H3,17,18,20,22,23,24);/q;;+2/p-2. The zero-order valence-electron chi connectivity index (χ0n) is 26.7. The van der Waals surface area contributed by atoms with Crippen LogP contribution < -0.4 is 20.3 Å². The summed E-state index contributed by atoms with van der Waals surface area (Å²) in [5.41, 5.74) is 11.1. The molecule has 0 aliphatic carbocycles. The van der Waals surface area contributed by atoms with Crippen LogP contribution in [0, 0.1) is 0 Å². The Bertz CT molecular complexity index is 2100. The minimum atomic E-state index is -3.76. The van der Waals surface area contributed by atoms with Crippen molar-refractivity contribution in [2.24, 2.45) is 30.7 Å². The maximum atomic E-state index is 12.4. The Morgan fingerprint density at radius 2 is 0.863 bits per heavy atom. The molecule has 0 unspecified atom stereocenters. The van der Waals surface area contributed by atoms with Gasteiger partial charge in [-0.2, -0.15) is 20.2 Å². The van der Waals surface area contributed by atoms with Crippen LogP contribution >= 0.6 is 0 Å². The van der Waals surface area contributed by atoms with E-state index in [9.17, 15) is 26.4 Å². The van der Waals surface area contributed by atoms with Crippen LogP contribution in [-0.4, -0.2) is 51.5 Å². The van der Waals surface area contributed by atoms with E-state index in [1.807, 2.05) is 12.1 Å². The van der Waals surface area contributed by atoms with Gasteiger partial charge in [0.05, 0.1) is 32.6 Å². The molecule has 51 heavy (non-hydrogen) atoms. The number of hydrazone groups is 2. The Hall–Kier alpha value is -5.57. The van der Waals surface area contributed by atoms with E-state index in [-0.39, 0.29) is 49.8 Å². The molecule has 0 aromatic heterocycles. The molecule has 0 saturated carbocycles. The van der Waals surface area contributed by atoms with Gasteiger partial charge in [0.15, 0.2) is 0 Å². The number of para-hydroxylation sites is 2. The van der Waals surface area contributed by atoms with E-state index in [2.05, 4.69) is 31.3 Å². The summed E-state index contributed by atoms with van der Waals surface area (Å²) in [5, 5.41) is 28.9. The van der Waals surface area contributed by atoms with Crippen LogP contribution in [0.2, 0.25) is 0 Å². The number of sulfonamides is 2. The number of anilines is 2. The third kappa shape index (κ3) is 9.36. The molecule has 2 amide bonds. The first kappa shape index (κ1) is 38.2. The van der Waals surface area contributed by atoms with Crippen molar-refractivity contribution in [1.29, 1.82) is 0 Å². The minimum Gasteiger partial charge on any atom is -0.575 e. The summed E-state index contributed by atoms with van der Waals surface area (Å²) in [4.78, 5) is 24.8.